The molecule has 1 aliphatic heterocycles. The minimum atomic E-state index is 0.631. The van der Waals surface area contributed by atoms with Gasteiger partial charge in [0, 0.05) is 38.3 Å². The van der Waals surface area contributed by atoms with Gasteiger partial charge in [-0.3, -0.25) is 4.90 Å². The van der Waals surface area contributed by atoms with Gasteiger partial charge < -0.3 is 10.2 Å². The third kappa shape index (κ3) is 3.71. The average Bonchev–Trinajstić information content (AvgIpc) is 3.30. The maximum Gasteiger partial charge on any atom is 0.0642 e. The Morgan fingerprint density at radius 2 is 2.10 bits per heavy atom. The lowest BCUT2D eigenvalue weighted by molar-refractivity contribution is 0.213. The summed E-state index contributed by atoms with van der Waals surface area (Å²) in [5.74, 6) is 0. The number of anilines is 1. The quantitative estimate of drug-likeness (QED) is 0.901. The molecule has 1 aliphatic carbocycles. The molecule has 1 heterocycles. The number of nitrogens with zero attached hydrogens (tertiary/aromatic N) is 2. The Morgan fingerprint density at radius 1 is 1.29 bits per heavy atom. The zero-order valence-corrected chi connectivity index (χ0v) is 13.9. The van der Waals surface area contributed by atoms with Crippen LogP contribution in [0.5, 0.6) is 0 Å². The van der Waals surface area contributed by atoms with Crippen LogP contribution in [0, 0.1) is 0 Å². The van der Waals surface area contributed by atoms with Gasteiger partial charge in [-0.05, 0) is 44.0 Å². The molecule has 1 N–H and O–H groups in total. The highest BCUT2D eigenvalue weighted by Crippen LogP contribution is 2.29. The second kappa shape index (κ2) is 6.55. The maximum absolute atomic E-state index is 6.54. The van der Waals surface area contributed by atoms with E-state index < -0.39 is 0 Å². The molecule has 1 saturated heterocycles. The van der Waals surface area contributed by atoms with Crippen LogP contribution in [0.25, 0.3) is 0 Å². The van der Waals surface area contributed by atoms with Crippen molar-refractivity contribution in [3.05, 3.63) is 28.8 Å². The molecule has 21 heavy (non-hydrogen) atoms. The Hall–Kier alpha value is -0.770. The van der Waals surface area contributed by atoms with Crippen LogP contribution in [0.15, 0.2) is 18.2 Å². The zero-order chi connectivity index (χ0) is 14.8. The first kappa shape index (κ1) is 15.1. The van der Waals surface area contributed by atoms with E-state index in [1.165, 1.54) is 30.5 Å². The van der Waals surface area contributed by atoms with E-state index in [0.717, 1.165) is 37.2 Å². The molecule has 0 amide bonds. The molecule has 3 rings (SSSR count). The molecule has 4 heteroatoms. The van der Waals surface area contributed by atoms with Crippen molar-refractivity contribution in [2.75, 3.05) is 31.6 Å². The number of likely N-dealkylation sites (N-methyl/N-ethyl adjacent to an activating group) is 1. The van der Waals surface area contributed by atoms with Gasteiger partial charge in [0.1, 0.15) is 0 Å². The van der Waals surface area contributed by atoms with Crippen molar-refractivity contribution in [2.24, 2.45) is 0 Å². The minimum Gasteiger partial charge on any atom is -0.367 e. The second-order valence-electron chi connectivity index (χ2n) is 6.43. The summed E-state index contributed by atoms with van der Waals surface area (Å²) in [7, 11) is 2.22. The summed E-state index contributed by atoms with van der Waals surface area (Å²) in [5.41, 5.74) is 2.48. The summed E-state index contributed by atoms with van der Waals surface area (Å²) < 4.78 is 0. The van der Waals surface area contributed by atoms with Gasteiger partial charge >= 0.3 is 0 Å². The lowest BCUT2D eigenvalue weighted by atomic mass is 10.1. The van der Waals surface area contributed by atoms with Gasteiger partial charge in [-0.15, -0.1) is 0 Å². The van der Waals surface area contributed by atoms with Gasteiger partial charge in [0.2, 0.25) is 0 Å². The first-order valence-electron chi connectivity index (χ1n) is 8.14. The van der Waals surface area contributed by atoms with Crippen LogP contribution in [0.1, 0.15) is 31.7 Å². The van der Waals surface area contributed by atoms with Crippen LogP contribution in [0.3, 0.4) is 0 Å². The van der Waals surface area contributed by atoms with Crippen molar-refractivity contribution in [1.82, 2.24) is 10.2 Å². The van der Waals surface area contributed by atoms with Gasteiger partial charge in [-0.1, -0.05) is 24.6 Å². The van der Waals surface area contributed by atoms with E-state index in [2.05, 4.69) is 47.3 Å². The molecule has 0 radical (unpaired) electrons. The molecule has 1 aromatic carbocycles. The summed E-state index contributed by atoms with van der Waals surface area (Å²) in [4.78, 5) is 4.90. The van der Waals surface area contributed by atoms with Crippen molar-refractivity contribution in [3.8, 4) is 0 Å². The molecule has 3 nitrogen and oxygen atoms in total. The van der Waals surface area contributed by atoms with E-state index in [4.69, 9.17) is 11.6 Å². The number of rotatable bonds is 5. The molecule has 2 aliphatic rings. The number of hydrogen-bond acceptors (Lipinski definition) is 3. The predicted octanol–water partition coefficient (Wildman–Crippen LogP) is 3.12. The van der Waals surface area contributed by atoms with E-state index in [9.17, 15) is 0 Å². The van der Waals surface area contributed by atoms with E-state index in [1.807, 2.05) is 0 Å². The Kier molecular flexibility index (Phi) is 4.72. The fraction of sp³-hybridized carbons (Fsp3) is 0.647. The monoisotopic (exact) mass is 307 g/mol. The van der Waals surface area contributed by atoms with Gasteiger partial charge in [0.15, 0.2) is 0 Å². The number of halogens is 1. The lowest BCUT2D eigenvalue weighted by Crippen LogP contribution is -2.51. The van der Waals surface area contributed by atoms with Crippen molar-refractivity contribution in [2.45, 2.75) is 44.8 Å². The van der Waals surface area contributed by atoms with Crippen LogP contribution < -0.4 is 10.2 Å². The molecule has 1 atom stereocenters. The Balaban J connectivity index is 1.66. The summed E-state index contributed by atoms with van der Waals surface area (Å²) in [6.07, 6.45) is 3.84. The van der Waals surface area contributed by atoms with E-state index >= 15 is 0 Å². The van der Waals surface area contributed by atoms with Crippen molar-refractivity contribution in [3.63, 3.8) is 0 Å². The summed E-state index contributed by atoms with van der Waals surface area (Å²) in [6.45, 7) is 6.45. The number of nitrogens with one attached hydrogen (secondary N) is 1. The van der Waals surface area contributed by atoms with Crippen LogP contribution >= 0.6 is 11.6 Å². The van der Waals surface area contributed by atoms with Gasteiger partial charge in [-0.25, -0.2) is 0 Å². The first-order chi connectivity index (χ1) is 10.2. The maximum atomic E-state index is 6.54. The molecular weight excluding hydrogens is 282 g/mol. The number of piperazine rings is 1. The molecule has 116 valence electrons. The van der Waals surface area contributed by atoms with Gasteiger partial charge in [0.25, 0.3) is 0 Å². The molecule has 1 unspecified atom stereocenters. The number of hydrogen-bond donors (Lipinski definition) is 1. The van der Waals surface area contributed by atoms with Crippen molar-refractivity contribution in [1.29, 1.82) is 0 Å². The second-order valence-corrected chi connectivity index (χ2v) is 6.84. The van der Waals surface area contributed by atoms with E-state index in [1.54, 1.807) is 0 Å². The molecule has 0 spiro atoms. The van der Waals surface area contributed by atoms with Crippen molar-refractivity contribution < 1.29 is 0 Å². The van der Waals surface area contributed by atoms with E-state index in [-0.39, 0.29) is 0 Å². The lowest BCUT2D eigenvalue weighted by Gasteiger charge is -2.40. The standard InChI is InChI=1S/C17H26ClN3/c1-3-15-12-21(9-8-20(15)2)17-7-4-13(10-16(17)18)11-19-14-5-6-14/h4,7,10,14-15,19H,3,5-6,8-9,11-12H2,1-2H3. The SMILES string of the molecule is CCC1CN(c2ccc(CNC3CC3)cc2Cl)CCN1C. The number of benzene rings is 1. The highest BCUT2D eigenvalue weighted by Gasteiger charge is 2.24. The molecule has 0 aromatic heterocycles. The Bertz CT molecular complexity index is 487. The molecule has 2 fully saturated rings. The third-order valence-electron chi connectivity index (χ3n) is 4.77. The minimum absolute atomic E-state index is 0.631. The smallest absolute Gasteiger partial charge is 0.0642 e. The van der Waals surface area contributed by atoms with E-state index in [0.29, 0.717) is 6.04 Å². The summed E-state index contributed by atoms with van der Waals surface area (Å²) >= 11 is 6.54. The van der Waals surface area contributed by atoms with Crippen molar-refractivity contribution >= 4 is 17.3 Å². The van der Waals surface area contributed by atoms with Crippen LogP contribution in [0.2, 0.25) is 5.02 Å². The van der Waals surface area contributed by atoms with Crippen LogP contribution in [-0.4, -0.2) is 43.7 Å². The molecule has 1 aromatic rings. The molecule has 0 bridgehead atoms. The van der Waals surface area contributed by atoms with Crippen LogP contribution in [-0.2, 0) is 6.54 Å². The normalized spacial score (nSPS) is 23.6. The summed E-state index contributed by atoms with van der Waals surface area (Å²) in [6, 6.07) is 7.92. The highest BCUT2D eigenvalue weighted by atomic mass is 35.5. The first-order valence-corrected chi connectivity index (χ1v) is 8.52. The average molecular weight is 308 g/mol. The Morgan fingerprint density at radius 3 is 2.76 bits per heavy atom. The van der Waals surface area contributed by atoms with Crippen LogP contribution in [0.4, 0.5) is 5.69 Å². The molecular formula is C17H26ClN3. The fourth-order valence-electron chi connectivity index (χ4n) is 3.07. The zero-order valence-electron chi connectivity index (χ0n) is 13.1. The third-order valence-corrected chi connectivity index (χ3v) is 5.08. The van der Waals surface area contributed by atoms with Gasteiger partial charge in [-0.2, -0.15) is 0 Å². The fourth-order valence-corrected chi connectivity index (χ4v) is 3.39. The topological polar surface area (TPSA) is 18.5 Å². The predicted molar refractivity (Wildman–Crippen MR) is 90.2 cm³/mol. The summed E-state index contributed by atoms with van der Waals surface area (Å²) in [5, 5.41) is 4.44. The Labute approximate surface area is 133 Å². The largest absolute Gasteiger partial charge is 0.367 e. The van der Waals surface area contributed by atoms with Gasteiger partial charge in [0.05, 0.1) is 10.7 Å². The molecule has 1 saturated carbocycles. The highest BCUT2D eigenvalue weighted by molar-refractivity contribution is 6.33.